The summed E-state index contributed by atoms with van der Waals surface area (Å²) in [6.07, 6.45) is 3.10. The molecule has 0 spiro atoms. The van der Waals surface area contributed by atoms with Crippen LogP contribution in [0.5, 0.6) is 23.0 Å². The van der Waals surface area contributed by atoms with E-state index < -0.39 is 0 Å². The molecule has 0 N–H and O–H groups in total. The fraction of sp³-hybridized carbons (Fsp3) is 0.250. The highest BCUT2D eigenvalue weighted by molar-refractivity contribution is 5.91. The van der Waals surface area contributed by atoms with Crippen LogP contribution in [0, 0.1) is 0 Å². The van der Waals surface area contributed by atoms with Gasteiger partial charge in [-0.3, -0.25) is 4.79 Å². The number of carbonyl (C=O) groups is 1. The van der Waals surface area contributed by atoms with Crippen LogP contribution in [0.2, 0.25) is 0 Å². The summed E-state index contributed by atoms with van der Waals surface area (Å²) in [7, 11) is 1.75. The van der Waals surface area contributed by atoms with E-state index in [1.807, 2.05) is 42.5 Å². The van der Waals surface area contributed by atoms with Crippen molar-refractivity contribution in [3.63, 3.8) is 0 Å². The van der Waals surface area contributed by atoms with Crippen LogP contribution in [-0.4, -0.2) is 43.9 Å². The molecule has 6 heteroatoms. The van der Waals surface area contributed by atoms with Gasteiger partial charge in [0.1, 0.15) is 6.61 Å². The fourth-order valence-electron chi connectivity index (χ4n) is 2.86. The number of hydrogen-bond donors (Lipinski definition) is 0. The number of fused-ring (bicyclic) bond motifs is 2. The Morgan fingerprint density at radius 2 is 1.85 bits per heavy atom. The van der Waals surface area contributed by atoms with Gasteiger partial charge >= 0.3 is 0 Å². The Morgan fingerprint density at radius 3 is 2.73 bits per heavy atom. The van der Waals surface area contributed by atoms with Crippen LogP contribution >= 0.6 is 0 Å². The zero-order valence-electron chi connectivity index (χ0n) is 14.4. The van der Waals surface area contributed by atoms with Gasteiger partial charge in [-0.2, -0.15) is 0 Å². The third-order valence-electron chi connectivity index (χ3n) is 4.24. The fourth-order valence-corrected chi connectivity index (χ4v) is 2.86. The van der Waals surface area contributed by atoms with Gasteiger partial charge in [0.2, 0.25) is 12.7 Å². The third kappa shape index (κ3) is 3.44. The first-order valence-electron chi connectivity index (χ1n) is 8.40. The highest BCUT2D eigenvalue weighted by Crippen LogP contribution is 2.33. The van der Waals surface area contributed by atoms with E-state index in [-0.39, 0.29) is 18.8 Å². The van der Waals surface area contributed by atoms with Crippen molar-refractivity contribution in [2.75, 3.05) is 27.0 Å². The molecule has 1 atom stereocenters. The molecule has 0 aliphatic carbocycles. The number of para-hydroxylation sites is 2. The minimum atomic E-state index is -0.196. The number of likely N-dealkylation sites (N-methyl/N-ethyl adjacent to an activating group) is 1. The molecule has 0 bridgehead atoms. The van der Waals surface area contributed by atoms with E-state index in [9.17, 15) is 4.79 Å². The molecule has 2 aromatic carbocycles. The highest BCUT2D eigenvalue weighted by Gasteiger charge is 2.23. The number of rotatable bonds is 4. The number of ether oxygens (including phenoxy) is 4. The molecule has 0 radical (unpaired) electrons. The largest absolute Gasteiger partial charge is 0.486 e. The molecule has 0 saturated carbocycles. The second-order valence-corrected chi connectivity index (χ2v) is 6.16. The number of nitrogens with zero attached hydrogens (tertiary/aromatic N) is 1. The van der Waals surface area contributed by atoms with Crippen molar-refractivity contribution >= 4 is 12.0 Å². The van der Waals surface area contributed by atoms with Crippen LogP contribution in [0.15, 0.2) is 48.5 Å². The van der Waals surface area contributed by atoms with E-state index in [0.29, 0.717) is 24.7 Å². The lowest BCUT2D eigenvalue weighted by Gasteiger charge is -2.29. The van der Waals surface area contributed by atoms with Gasteiger partial charge in [0, 0.05) is 13.1 Å². The maximum atomic E-state index is 12.4. The SMILES string of the molecule is CN(CC1COc2ccccc2O1)C(=O)C=Cc1ccc2c(c1)OCO2. The zero-order chi connectivity index (χ0) is 17.9. The van der Waals surface area contributed by atoms with E-state index >= 15 is 0 Å². The first-order valence-corrected chi connectivity index (χ1v) is 8.40. The van der Waals surface area contributed by atoms with Crippen LogP contribution in [0.25, 0.3) is 6.08 Å². The summed E-state index contributed by atoms with van der Waals surface area (Å²) in [5, 5.41) is 0. The second kappa shape index (κ2) is 7.00. The molecule has 1 amide bonds. The molecule has 2 heterocycles. The van der Waals surface area contributed by atoms with Crippen molar-refractivity contribution in [2.45, 2.75) is 6.10 Å². The van der Waals surface area contributed by atoms with Crippen LogP contribution in [0.1, 0.15) is 5.56 Å². The van der Waals surface area contributed by atoms with Gasteiger partial charge in [-0.05, 0) is 35.9 Å². The zero-order valence-corrected chi connectivity index (χ0v) is 14.4. The number of hydrogen-bond acceptors (Lipinski definition) is 5. The Bertz CT molecular complexity index is 848. The molecule has 0 aromatic heterocycles. The van der Waals surface area contributed by atoms with Gasteiger partial charge in [-0.1, -0.05) is 18.2 Å². The van der Waals surface area contributed by atoms with E-state index in [4.69, 9.17) is 18.9 Å². The van der Waals surface area contributed by atoms with Crippen molar-refractivity contribution in [1.82, 2.24) is 4.90 Å². The average Bonchev–Trinajstić information content (AvgIpc) is 3.13. The average molecular weight is 353 g/mol. The molecule has 26 heavy (non-hydrogen) atoms. The summed E-state index contributed by atoms with van der Waals surface area (Å²) in [6, 6.07) is 13.1. The predicted molar refractivity (Wildman–Crippen MR) is 95.6 cm³/mol. The summed E-state index contributed by atoms with van der Waals surface area (Å²) in [6.45, 7) is 1.09. The van der Waals surface area contributed by atoms with Gasteiger partial charge in [-0.15, -0.1) is 0 Å². The normalized spacial score (nSPS) is 17.3. The summed E-state index contributed by atoms with van der Waals surface area (Å²) >= 11 is 0. The smallest absolute Gasteiger partial charge is 0.246 e. The number of benzene rings is 2. The molecule has 134 valence electrons. The van der Waals surface area contributed by atoms with Gasteiger partial charge in [0.15, 0.2) is 29.1 Å². The molecule has 1 unspecified atom stereocenters. The van der Waals surface area contributed by atoms with Crippen LogP contribution < -0.4 is 18.9 Å². The molecule has 0 saturated heterocycles. The monoisotopic (exact) mass is 353 g/mol. The minimum Gasteiger partial charge on any atom is -0.486 e. The van der Waals surface area contributed by atoms with Crippen molar-refractivity contribution in [1.29, 1.82) is 0 Å². The molecular formula is C20H19NO5. The Balaban J connectivity index is 1.35. The van der Waals surface area contributed by atoms with Gasteiger partial charge in [-0.25, -0.2) is 0 Å². The maximum absolute atomic E-state index is 12.4. The minimum absolute atomic E-state index is 0.106. The van der Waals surface area contributed by atoms with Crippen molar-refractivity contribution in [3.05, 3.63) is 54.1 Å². The van der Waals surface area contributed by atoms with Crippen molar-refractivity contribution in [2.24, 2.45) is 0 Å². The van der Waals surface area contributed by atoms with E-state index in [2.05, 4.69) is 0 Å². The first-order chi connectivity index (χ1) is 12.7. The summed E-state index contributed by atoms with van der Waals surface area (Å²) in [5.41, 5.74) is 0.877. The Labute approximate surface area is 151 Å². The lowest BCUT2D eigenvalue weighted by Crippen LogP contribution is -2.41. The summed E-state index contributed by atoms with van der Waals surface area (Å²) < 4.78 is 22.2. The van der Waals surface area contributed by atoms with Gasteiger partial charge in [0.25, 0.3) is 0 Å². The first kappa shape index (κ1) is 16.3. The van der Waals surface area contributed by atoms with Gasteiger partial charge < -0.3 is 23.8 Å². The maximum Gasteiger partial charge on any atom is 0.246 e. The summed E-state index contributed by atoms with van der Waals surface area (Å²) in [4.78, 5) is 14.0. The molecule has 6 nitrogen and oxygen atoms in total. The Kier molecular flexibility index (Phi) is 4.39. The Morgan fingerprint density at radius 1 is 1.08 bits per heavy atom. The van der Waals surface area contributed by atoms with Crippen LogP contribution in [-0.2, 0) is 4.79 Å². The van der Waals surface area contributed by atoms with E-state index in [1.54, 1.807) is 18.0 Å². The van der Waals surface area contributed by atoms with Crippen LogP contribution in [0.3, 0.4) is 0 Å². The highest BCUT2D eigenvalue weighted by atomic mass is 16.7. The van der Waals surface area contributed by atoms with Gasteiger partial charge in [0.05, 0.1) is 6.54 Å². The van der Waals surface area contributed by atoms with Crippen molar-refractivity contribution in [3.8, 4) is 23.0 Å². The standard InChI is InChI=1S/C20H19NO5/c1-21(11-15-12-23-16-4-2-3-5-18(16)26-15)20(22)9-7-14-6-8-17-19(10-14)25-13-24-17/h2-10,15H,11-13H2,1H3. The quantitative estimate of drug-likeness (QED) is 0.791. The lowest BCUT2D eigenvalue weighted by molar-refractivity contribution is -0.126. The lowest BCUT2D eigenvalue weighted by atomic mass is 10.2. The molecular weight excluding hydrogens is 334 g/mol. The molecule has 0 fully saturated rings. The number of amides is 1. The second-order valence-electron chi connectivity index (χ2n) is 6.16. The molecule has 2 aliphatic heterocycles. The van der Waals surface area contributed by atoms with E-state index in [1.165, 1.54) is 6.08 Å². The van der Waals surface area contributed by atoms with Crippen molar-refractivity contribution < 1.29 is 23.7 Å². The molecule has 4 rings (SSSR count). The Hall–Kier alpha value is -3.15. The molecule has 2 aliphatic rings. The predicted octanol–water partition coefficient (Wildman–Crippen LogP) is 2.73. The summed E-state index contributed by atoms with van der Waals surface area (Å²) in [5.74, 6) is 2.76. The molecule has 2 aromatic rings. The number of carbonyl (C=O) groups excluding carboxylic acids is 1. The topological polar surface area (TPSA) is 57.2 Å². The van der Waals surface area contributed by atoms with Crippen LogP contribution in [0.4, 0.5) is 0 Å². The third-order valence-corrected chi connectivity index (χ3v) is 4.24. The van der Waals surface area contributed by atoms with E-state index in [0.717, 1.165) is 17.1 Å².